The minimum atomic E-state index is -0.309. The maximum absolute atomic E-state index is 11.5. The van der Waals surface area contributed by atoms with E-state index in [-0.39, 0.29) is 5.97 Å². The minimum absolute atomic E-state index is 0.309. The molecular weight excluding hydrogens is 228 g/mol. The van der Waals surface area contributed by atoms with Crippen LogP contribution in [0.2, 0.25) is 0 Å². The van der Waals surface area contributed by atoms with Gasteiger partial charge in [0.25, 0.3) is 0 Å². The van der Waals surface area contributed by atoms with Crippen molar-refractivity contribution in [1.82, 2.24) is 9.55 Å². The zero-order chi connectivity index (χ0) is 12.7. The SMILES string of the molecule is COC(=O)c1ccc2c(c1)nc1n2C(C)CCC1. The Morgan fingerprint density at radius 2 is 2.33 bits per heavy atom. The number of hydrogen-bond donors (Lipinski definition) is 0. The fraction of sp³-hybridized carbons (Fsp3) is 0.429. The Labute approximate surface area is 106 Å². The molecule has 0 fully saturated rings. The van der Waals surface area contributed by atoms with Crippen LogP contribution in [0.1, 0.15) is 42.0 Å². The van der Waals surface area contributed by atoms with Gasteiger partial charge in [-0.25, -0.2) is 9.78 Å². The Kier molecular flexibility index (Phi) is 2.58. The summed E-state index contributed by atoms with van der Waals surface area (Å²) in [4.78, 5) is 16.1. The molecule has 4 nitrogen and oxygen atoms in total. The summed E-state index contributed by atoms with van der Waals surface area (Å²) in [7, 11) is 1.40. The average molecular weight is 244 g/mol. The second-order valence-electron chi connectivity index (χ2n) is 4.83. The number of aryl methyl sites for hydroxylation is 1. The van der Waals surface area contributed by atoms with Gasteiger partial charge in [-0.05, 0) is 38.0 Å². The molecule has 1 aliphatic rings. The first kappa shape index (κ1) is 11.3. The third-order valence-electron chi connectivity index (χ3n) is 3.65. The van der Waals surface area contributed by atoms with Crippen LogP contribution in [-0.2, 0) is 11.2 Å². The predicted octanol–water partition coefficient (Wildman–Crippen LogP) is 2.72. The number of fused-ring (bicyclic) bond motifs is 3. The van der Waals surface area contributed by atoms with Crippen molar-refractivity contribution < 1.29 is 9.53 Å². The second kappa shape index (κ2) is 4.12. The summed E-state index contributed by atoms with van der Waals surface area (Å²) >= 11 is 0. The molecule has 1 aliphatic heterocycles. The van der Waals surface area contributed by atoms with Crippen molar-refractivity contribution in [3.8, 4) is 0 Å². The number of benzene rings is 1. The van der Waals surface area contributed by atoms with E-state index in [0.717, 1.165) is 23.3 Å². The number of hydrogen-bond acceptors (Lipinski definition) is 3. The topological polar surface area (TPSA) is 44.1 Å². The van der Waals surface area contributed by atoms with E-state index in [1.807, 2.05) is 18.2 Å². The molecule has 3 rings (SSSR count). The van der Waals surface area contributed by atoms with Gasteiger partial charge < -0.3 is 9.30 Å². The second-order valence-corrected chi connectivity index (χ2v) is 4.83. The highest BCUT2D eigenvalue weighted by Gasteiger charge is 2.20. The summed E-state index contributed by atoms with van der Waals surface area (Å²) < 4.78 is 7.03. The molecule has 0 spiro atoms. The van der Waals surface area contributed by atoms with Gasteiger partial charge in [-0.1, -0.05) is 0 Å². The average Bonchev–Trinajstić information content (AvgIpc) is 2.76. The number of nitrogens with zero attached hydrogens (tertiary/aromatic N) is 2. The highest BCUT2D eigenvalue weighted by molar-refractivity contribution is 5.93. The molecule has 94 valence electrons. The first-order valence-corrected chi connectivity index (χ1v) is 6.30. The number of rotatable bonds is 1. The molecule has 0 bridgehead atoms. The monoisotopic (exact) mass is 244 g/mol. The lowest BCUT2D eigenvalue weighted by Crippen LogP contribution is -2.14. The Morgan fingerprint density at radius 1 is 1.50 bits per heavy atom. The standard InChI is InChI=1S/C14H16N2O2/c1-9-4-3-5-13-15-11-8-10(14(17)18-2)6-7-12(11)16(9)13/h6-9H,3-5H2,1-2H3. The molecule has 1 atom stereocenters. The molecule has 0 saturated carbocycles. The molecule has 0 saturated heterocycles. The van der Waals surface area contributed by atoms with E-state index < -0.39 is 0 Å². The third kappa shape index (κ3) is 1.60. The Morgan fingerprint density at radius 3 is 3.11 bits per heavy atom. The summed E-state index contributed by atoms with van der Waals surface area (Å²) in [6.07, 6.45) is 3.40. The lowest BCUT2D eigenvalue weighted by atomic mass is 10.1. The van der Waals surface area contributed by atoms with Crippen LogP contribution in [0.3, 0.4) is 0 Å². The smallest absolute Gasteiger partial charge is 0.337 e. The van der Waals surface area contributed by atoms with E-state index in [0.29, 0.717) is 11.6 Å². The first-order chi connectivity index (χ1) is 8.70. The lowest BCUT2D eigenvalue weighted by molar-refractivity contribution is 0.0601. The predicted molar refractivity (Wildman–Crippen MR) is 68.7 cm³/mol. The first-order valence-electron chi connectivity index (χ1n) is 6.30. The number of aromatic nitrogens is 2. The largest absolute Gasteiger partial charge is 0.465 e. The molecule has 0 radical (unpaired) electrons. The van der Waals surface area contributed by atoms with Gasteiger partial charge in [0.2, 0.25) is 0 Å². The number of ether oxygens (including phenoxy) is 1. The molecule has 1 aromatic heterocycles. The van der Waals surface area contributed by atoms with Gasteiger partial charge in [-0.15, -0.1) is 0 Å². The van der Waals surface area contributed by atoms with Crippen LogP contribution in [0.25, 0.3) is 11.0 Å². The van der Waals surface area contributed by atoms with Gasteiger partial charge in [0.05, 0.1) is 23.7 Å². The third-order valence-corrected chi connectivity index (χ3v) is 3.65. The molecule has 2 heterocycles. The summed E-state index contributed by atoms with van der Waals surface area (Å²) in [6, 6.07) is 6.09. The Hall–Kier alpha value is -1.84. The summed E-state index contributed by atoms with van der Waals surface area (Å²) in [5.74, 6) is 0.821. The van der Waals surface area contributed by atoms with E-state index in [4.69, 9.17) is 4.74 Å². The van der Waals surface area contributed by atoms with Crippen molar-refractivity contribution in [2.75, 3.05) is 7.11 Å². The molecule has 0 amide bonds. The number of carbonyl (C=O) groups is 1. The lowest BCUT2D eigenvalue weighted by Gasteiger charge is -2.22. The normalized spacial score (nSPS) is 18.7. The van der Waals surface area contributed by atoms with Crippen molar-refractivity contribution >= 4 is 17.0 Å². The summed E-state index contributed by atoms with van der Waals surface area (Å²) in [5, 5.41) is 0. The quantitative estimate of drug-likeness (QED) is 0.724. The minimum Gasteiger partial charge on any atom is -0.465 e. The van der Waals surface area contributed by atoms with Crippen LogP contribution in [0.4, 0.5) is 0 Å². The number of methoxy groups -OCH3 is 1. The molecule has 1 aromatic carbocycles. The van der Waals surface area contributed by atoms with Crippen molar-refractivity contribution in [1.29, 1.82) is 0 Å². The molecule has 0 N–H and O–H groups in total. The molecule has 18 heavy (non-hydrogen) atoms. The van der Waals surface area contributed by atoms with Crippen molar-refractivity contribution in [2.45, 2.75) is 32.2 Å². The molecule has 0 aliphatic carbocycles. The molecule has 1 unspecified atom stereocenters. The maximum Gasteiger partial charge on any atom is 0.337 e. The van der Waals surface area contributed by atoms with Crippen LogP contribution in [0.5, 0.6) is 0 Å². The van der Waals surface area contributed by atoms with Gasteiger partial charge in [0, 0.05) is 12.5 Å². The van der Waals surface area contributed by atoms with Crippen molar-refractivity contribution in [2.24, 2.45) is 0 Å². The van der Waals surface area contributed by atoms with Gasteiger partial charge in [-0.2, -0.15) is 0 Å². The fourth-order valence-electron chi connectivity index (χ4n) is 2.75. The summed E-state index contributed by atoms with van der Waals surface area (Å²) in [5.41, 5.74) is 2.57. The van der Waals surface area contributed by atoms with Gasteiger partial charge in [0.15, 0.2) is 0 Å². The fourth-order valence-corrected chi connectivity index (χ4v) is 2.75. The highest BCUT2D eigenvalue weighted by atomic mass is 16.5. The zero-order valence-corrected chi connectivity index (χ0v) is 10.6. The molecule has 2 aromatic rings. The van der Waals surface area contributed by atoms with Crippen molar-refractivity contribution in [3.63, 3.8) is 0 Å². The maximum atomic E-state index is 11.5. The van der Waals surface area contributed by atoms with E-state index in [9.17, 15) is 4.79 Å². The van der Waals surface area contributed by atoms with Crippen LogP contribution >= 0.6 is 0 Å². The van der Waals surface area contributed by atoms with Gasteiger partial charge in [0.1, 0.15) is 5.82 Å². The van der Waals surface area contributed by atoms with Crippen LogP contribution in [0, 0.1) is 0 Å². The van der Waals surface area contributed by atoms with E-state index in [1.165, 1.54) is 20.0 Å². The number of carbonyl (C=O) groups excluding carboxylic acids is 1. The van der Waals surface area contributed by atoms with E-state index in [2.05, 4.69) is 16.5 Å². The zero-order valence-electron chi connectivity index (χ0n) is 10.6. The van der Waals surface area contributed by atoms with Crippen LogP contribution in [-0.4, -0.2) is 22.6 Å². The highest BCUT2D eigenvalue weighted by Crippen LogP contribution is 2.29. The number of imidazole rings is 1. The van der Waals surface area contributed by atoms with Crippen molar-refractivity contribution in [3.05, 3.63) is 29.6 Å². The van der Waals surface area contributed by atoms with Gasteiger partial charge >= 0.3 is 5.97 Å². The van der Waals surface area contributed by atoms with E-state index in [1.54, 1.807) is 0 Å². The number of esters is 1. The van der Waals surface area contributed by atoms with E-state index >= 15 is 0 Å². The molecule has 4 heteroatoms. The summed E-state index contributed by atoms with van der Waals surface area (Å²) in [6.45, 7) is 2.22. The van der Waals surface area contributed by atoms with Crippen LogP contribution < -0.4 is 0 Å². The van der Waals surface area contributed by atoms with Gasteiger partial charge in [-0.3, -0.25) is 0 Å². The Bertz CT molecular complexity index is 616. The van der Waals surface area contributed by atoms with Crippen LogP contribution in [0.15, 0.2) is 18.2 Å². The Balaban J connectivity index is 2.17. The molecular formula is C14H16N2O2.